The van der Waals surface area contributed by atoms with E-state index in [-0.39, 0.29) is 11.1 Å². The highest BCUT2D eigenvalue weighted by atomic mass is 35.5. The van der Waals surface area contributed by atoms with Crippen LogP contribution in [-0.4, -0.2) is 23.7 Å². The lowest BCUT2D eigenvalue weighted by Crippen LogP contribution is -2.16. The SMILES string of the molecule is COc1cc(OC)cc(-n2c(-c3ccccc3[N+](=O)[O-])cc(=O)c(C)c2-c2ccccc2Cl)c1. The maximum absolute atomic E-state index is 13.2. The van der Waals surface area contributed by atoms with Crippen molar-refractivity contribution in [2.75, 3.05) is 14.2 Å². The van der Waals surface area contributed by atoms with Gasteiger partial charge in [0.1, 0.15) is 11.5 Å². The molecule has 3 aromatic carbocycles. The summed E-state index contributed by atoms with van der Waals surface area (Å²) in [6.45, 7) is 1.71. The van der Waals surface area contributed by atoms with Crippen LogP contribution in [0, 0.1) is 17.0 Å². The van der Waals surface area contributed by atoms with Crippen molar-refractivity contribution < 1.29 is 14.4 Å². The quantitative estimate of drug-likeness (QED) is 0.249. The molecule has 0 N–H and O–H groups in total. The van der Waals surface area contributed by atoms with Crippen molar-refractivity contribution in [3.8, 4) is 39.7 Å². The molecule has 4 aromatic rings. The lowest BCUT2D eigenvalue weighted by atomic mass is 10.0. The van der Waals surface area contributed by atoms with Gasteiger partial charge in [0.25, 0.3) is 5.69 Å². The summed E-state index contributed by atoms with van der Waals surface area (Å²) in [6, 6.07) is 20.1. The van der Waals surface area contributed by atoms with Gasteiger partial charge in [0.2, 0.25) is 0 Å². The van der Waals surface area contributed by atoms with Crippen molar-refractivity contribution in [3.05, 3.63) is 104 Å². The van der Waals surface area contributed by atoms with Crippen LogP contribution in [0.25, 0.3) is 28.2 Å². The Bertz CT molecular complexity index is 1440. The summed E-state index contributed by atoms with van der Waals surface area (Å²) in [5.41, 5.74) is 2.39. The molecule has 0 aliphatic carbocycles. The van der Waals surface area contributed by atoms with Gasteiger partial charge >= 0.3 is 0 Å². The third kappa shape index (κ3) is 4.13. The second-order valence-electron chi connectivity index (χ2n) is 7.53. The second-order valence-corrected chi connectivity index (χ2v) is 7.94. The van der Waals surface area contributed by atoms with Crippen LogP contribution in [0.15, 0.2) is 77.6 Å². The Balaban J connectivity index is 2.23. The number of para-hydroxylation sites is 1. The van der Waals surface area contributed by atoms with Crippen LogP contribution < -0.4 is 14.9 Å². The molecule has 0 aliphatic heterocycles. The predicted molar refractivity (Wildman–Crippen MR) is 132 cm³/mol. The molecule has 34 heavy (non-hydrogen) atoms. The average molecular weight is 477 g/mol. The van der Waals surface area contributed by atoms with Gasteiger partial charge in [-0.1, -0.05) is 41.9 Å². The number of methoxy groups -OCH3 is 2. The maximum atomic E-state index is 13.2. The Morgan fingerprint density at radius 2 is 1.47 bits per heavy atom. The number of pyridine rings is 1. The fourth-order valence-electron chi connectivity index (χ4n) is 3.91. The Kier molecular flexibility index (Phi) is 6.38. The summed E-state index contributed by atoms with van der Waals surface area (Å²) < 4.78 is 12.7. The summed E-state index contributed by atoms with van der Waals surface area (Å²) in [4.78, 5) is 24.5. The minimum Gasteiger partial charge on any atom is -0.497 e. The monoisotopic (exact) mass is 476 g/mol. The average Bonchev–Trinajstić information content (AvgIpc) is 2.85. The fraction of sp³-hybridized carbons (Fsp3) is 0.115. The third-order valence-corrected chi connectivity index (χ3v) is 5.89. The summed E-state index contributed by atoms with van der Waals surface area (Å²) in [5.74, 6) is 1.04. The van der Waals surface area contributed by atoms with Crippen LogP contribution in [0.3, 0.4) is 0 Å². The molecule has 1 aromatic heterocycles. The van der Waals surface area contributed by atoms with E-state index in [4.69, 9.17) is 21.1 Å². The summed E-state index contributed by atoms with van der Waals surface area (Å²) in [6.07, 6.45) is 0. The zero-order chi connectivity index (χ0) is 24.4. The standard InChI is InChI=1S/C26H21ClN2O5/c1-16-25(30)15-24(21-9-5-7-11-23(21)29(31)32)28(26(16)20-8-4-6-10-22(20)27)17-12-18(33-2)14-19(13-17)34-3/h4-15H,1-3H3. The van der Waals surface area contributed by atoms with Gasteiger partial charge in [-0.3, -0.25) is 14.9 Å². The molecule has 0 saturated heterocycles. The summed E-state index contributed by atoms with van der Waals surface area (Å²) in [7, 11) is 3.07. The van der Waals surface area contributed by atoms with Gasteiger partial charge in [0, 0.05) is 46.5 Å². The second kappa shape index (κ2) is 9.41. The largest absolute Gasteiger partial charge is 0.497 e. The Morgan fingerprint density at radius 1 is 0.882 bits per heavy atom. The highest BCUT2D eigenvalue weighted by Crippen LogP contribution is 2.39. The van der Waals surface area contributed by atoms with Crippen molar-refractivity contribution >= 4 is 17.3 Å². The first-order chi connectivity index (χ1) is 16.3. The number of nitrogens with zero attached hydrogens (tertiary/aromatic N) is 2. The molecule has 0 amide bonds. The highest BCUT2D eigenvalue weighted by molar-refractivity contribution is 6.33. The van der Waals surface area contributed by atoms with E-state index in [1.54, 1.807) is 66.1 Å². The molecule has 172 valence electrons. The van der Waals surface area contributed by atoms with E-state index in [0.717, 1.165) is 0 Å². The van der Waals surface area contributed by atoms with Gasteiger partial charge in [0.15, 0.2) is 5.43 Å². The molecular weight excluding hydrogens is 456 g/mol. The van der Waals surface area contributed by atoms with Gasteiger partial charge in [-0.2, -0.15) is 0 Å². The molecule has 8 heteroatoms. The lowest BCUT2D eigenvalue weighted by Gasteiger charge is -2.23. The van der Waals surface area contributed by atoms with Crippen LogP contribution in [0.4, 0.5) is 5.69 Å². The van der Waals surface area contributed by atoms with Gasteiger partial charge in [-0.05, 0) is 19.1 Å². The van der Waals surface area contributed by atoms with E-state index in [1.165, 1.54) is 26.4 Å². The number of ether oxygens (including phenoxy) is 2. The van der Waals surface area contributed by atoms with Gasteiger partial charge < -0.3 is 14.0 Å². The molecule has 1 heterocycles. The number of nitro benzene ring substituents is 1. The van der Waals surface area contributed by atoms with Crippen LogP contribution in [-0.2, 0) is 0 Å². The van der Waals surface area contributed by atoms with Crippen molar-refractivity contribution in [1.29, 1.82) is 0 Å². The Labute approximate surface area is 200 Å². The molecule has 0 aliphatic rings. The number of benzene rings is 3. The van der Waals surface area contributed by atoms with E-state index in [1.807, 2.05) is 6.07 Å². The van der Waals surface area contributed by atoms with E-state index in [0.29, 0.717) is 50.3 Å². The van der Waals surface area contributed by atoms with Gasteiger partial charge in [-0.15, -0.1) is 0 Å². The maximum Gasteiger partial charge on any atom is 0.278 e. The highest BCUT2D eigenvalue weighted by Gasteiger charge is 2.24. The molecule has 4 rings (SSSR count). The molecule has 0 atom stereocenters. The molecule has 0 fully saturated rings. The van der Waals surface area contributed by atoms with E-state index >= 15 is 0 Å². The Morgan fingerprint density at radius 3 is 2.06 bits per heavy atom. The number of nitro groups is 1. The van der Waals surface area contributed by atoms with Crippen molar-refractivity contribution in [2.45, 2.75) is 6.92 Å². The van der Waals surface area contributed by atoms with Crippen LogP contribution in [0.5, 0.6) is 11.5 Å². The predicted octanol–water partition coefficient (Wildman–Crippen LogP) is 6.06. The Hall–Kier alpha value is -4.10. The molecule has 0 unspecified atom stereocenters. The minimum atomic E-state index is -0.467. The van der Waals surface area contributed by atoms with Crippen LogP contribution >= 0.6 is 11.6 Å². The first-order valence-corrected chi connectivity index (χ1v) is 10.7. The molecule has 0 radical (unpaired) electrons. The first-order valence-electron chi connectivity index (χ1n) is 10.3. The third-order valence-electron chi connectivity index (χ3n) is 5.56. The van der Waals surface area contributed by atoms with Gasteiger partial charge in [0.05, 0.1) is 41.8 Å². The molecule has 0 spiro atoms. The van der Waals surface area contributed by atoms with E-state index in [9.17, 15) is 14.9 Å². The fourth-order valence-corrected chi connectivity index (χ4v) is 4.14. The number of rotatable bonds is 6. The molecular formula is C26H21ClN2O5. The zero-order valence-electron chi connectivity index (χ0n) is 18.7. The number of halogens is 1. The molecule has 7 nitrogen and oxygen atoms in total. The molecule has 0 bridgehead atoms. The summed E-state index contributed by atoms with van der Waals surface area (Å²) in [5, 5.41) is 12.3. The number of hydrogen-bond acceptors (Lipinski definition) is 5. The molecule has 0 saturated carbocycles. The number of aromatic nitrogens is 1. The topological polar surface area (TPSA) is 83.6 Å². The van der Waals surface area contributed by atoms with Crippen LogP contribution in [0.2, 0.25) is 5.02 Å². The van der Waals surface area contributed by atoms with Crippen LogP contribution in [0.1, 0.15) is 5.56 Å². The zero-order valence-corrected chi connectivity index (χ0v) is 19.5. The summed E-state index contributed by atoms with van der Waals surface area (Å²) >= 11 is 6.57. The van der Waals surface area contributed by atoms with Gasteiger partial charge in [-0.25, -0.2) is 0 Å². The smallest absolute Gasteiger partial charge is 0.278 e. The normalized spacial score (nSPS) is 10.7. The van der Waals surface area contributed by atoms with E-state index in [2.05, 4.69) is 0 Å². The van der Waals surface area contributed by atoms with Crippen molar-refractivity contribution in [2.24, 2.45) is 0 Å². The first kappa shape index (κ1) is 23.1. The van der Waals surface area contributed by atoms with E-state index < -0.39 is 4.92 Å². The van der Waals surface area contributed by atoms with Crippen molar-refractivity contribution in [1.82, 2.24) is 4.57 Å². The number of hydrogen-bond donors (Lipinski definition) is 0. The minimum absolute atomic E-state index is 0.125. The lowest BCUT2D eigenvalue weighted by molar-refractivity contribution is -0.384. The van der Waals surface area contributed by atoms with Crippen molar-refractivity contribution in [3.63, 3.8) is 0 Å².